The molecule has 0 atom stereocenters. The number of halogens is 2. The Morgan fingerprint density at radius 1 is 1.54 bits per heavy atom. The van der Waals surface area contributed by atoms with Crippen molar-refractivity contribution >= 4 is 44.4 Å². The van der Waals surface area contributed by atoms with Crippen LogP contribution < -0.4 is 5.73 Å². The number of aromatic nitrogens is 3. The van der Waals surface area contributed by atoms with E-state index in [0.29, 0.717) is 5.82 Å². The minimum absolute atomic E-state index is 0.165. The van der Waals surface area contributed by atoms with Crippen molar-refractivity contribution in [1.29, 1.82) is 0 Å². The van der Waals surface area contributed by atoms with Gasteiger partial charge in [-0.2, -0.15) is 4.98 Å². The van der Waals surface area contributed by atoms with Crippen LogP contribution in [0.3, 0.4) is 0 Å². The van der Waals surface area contributed by atoms with Crippen LogP contribution in [0.2, 0.25) is 5.28 Å². The standard InChI is InChI=1S/C7H6BrClN4/c1-13-2-3(8)4-5(10)11-7(9)12-6(4)13/h2H,1H3,(H2,10,11,12). The maximum atomic E-state index is 5.69. The second-order valence-corrected chi connectivity index (χ2v) is 3.86. The van der Waals surface area contributed by atoms with Crippen molar-refractivity contribution in [3.8, 4) is 0 Å². The summed E-state index contributed by atoms with van der Waals surface area (Å²) < 4.78 is 2.71. The number of rotatable bonds is 0. The zero-order valence-corrected chi connectivity index (χ0v) is 9.09. The normalized spacial score (nSPS) is 11.0. The van der Waals surface area contributed by atoms with Gasteiger partial charge in [0.1, 0.15) is 11.5 Å². The maximum Gasteiger partial charge on any atom is 0.226 e. The van der Waals surface area contributed by atoms with E-state index in [9.17, 15) is 0 Å². The number of nitrogens with two attached hydrogens (primary N) is 1. The molecule has 0 bridgehead atoms. The monoisotopic (exact) mass is 260 g/mol. The smallest absolute Gasteiger partial charge is 0.226 e. The first-order valence-electron chi connectivity index (χ1n) is 3.53. The molecule has 68 valence electrons. The summed E-state index contributed by atoms with van der Waals surface area (Å²) in [7, 11) is 1.87. The van der Waals surface area contributed by atoms with Gasteiger partial charge in [0.15, 0.2) is 0 Å². The Kier molecular flexibility index (Phi) is 1.92. The highest BCUT2D eigenvalue weighted by Gasteiger charge is 2.10. The zero-order chi connectivity index (χ0) is 9.59. The highest BCUT2D eigenvalue weighted by atomic mass is 79.9. The molecule has 0 spiro atoms. The summed E-state index contributed by atoms with van der Waals surface area (Å²) in [4.78, 5) is 7.93. The first-order valence-corrected chi connectivity index (χ1v) is 4.70. The van der Waals surface area contributed by atoms with Crippen molar-refractivity contribution in [2.75, 3.05) is 5.73 Å². The average Bonchev–Trinajstić information content (AvgIpc) is 2.27. The Hall–Kier alpha value is -0.810. The molecule has 0 aromatic carbocycles. The summed E-state index contributed by atoms with van der Waals surface area (Å²) in [6.07, 6.45) is 1.87. The quantitative estimate of drug-likeness (QED) is 0.738. The van der Waals surface area contributed by atoms with E-state index in [-0.39, 0.29) is 5.28 Å². The van der Waals surface area contributed by atoms with Gasteiger partial charge in [-0.05, 0) is 27.5 Å². The molecule has 2 heterocycles. The molecule has 0 aliphatic carbocycles. The number of aryl methyl sites for hydroxylation is 1. The van der Waals surface area contributed by atoms with E-state index in [1.54, 1.807) is 0 Å². The molecule has 13 heavy (non-hydrogen) atoms. The van der Waals surface area contributed by atoms with Gasteiger partial charge < -0.3 is 10.3 Å². The van der Waals surface area contributed by atoms with Gasteiger partial charge in [0.2, 0.25) is 5.28 Å². The van der Waals surface area contributed by atoms with Crippen molar-refractivity contribution in [3.05, 3.63) is 16.0 Å². The van der Waals surface area contributed by atoms with E-state index in [0.717, 1.165) is 15.5 Å². The van der Waals surface area contributed by atoms with Gasteiger partial charge in [-0.15, -0.1) is 0 Å². The van der Waals surface area contributed by atoms with Crippen molar-refractivity contribution in [3.63, 3.8) is 0 Å². The van der Waals surface area contributed by atoms with Gasteiger partial charge in [0.05, 0.1) is 5.39 Å². The van der Waals surface area contributed by atoms with Crippen LogP contribution in [0.4, 0.5) is 5.82 Å². The Morgan fingerprint density at radius 2 is 2.23 bits per heavy atom. The molecule has 0 saturated heterocycles. The molecule has 0 fully saturated rings. The lowest BCUT2D eigenvalue weighted by Gasteiger charge is -1.98. The number of anilines is 1. The fourth-order valence-electron chi connectivity index (χ4n) is 1.22. The third-order valence-corrected chi connectivity index (χ3v) is 2.54. The van der Waals surface area contributed by atoms with Gasteiger partial charge in [0.25, 0.3) is 0 Å². The van der Waals surface area contributed by atoms with E-state index in [1.807, 2.05) is 17.8 Å². The van der Waals surface area contributed by atoms with Gasteiger partial charge in [-0.1, -0.05) is 0 Å². The van der Waals surface area contributed by atoms with Gasteiger partial charge >= 0.3 is 0 Å². The van der Waals surface area contributed by atoms with E-state index >= 15 is 0 Å². The van der Waals surface area contributed by atoms with Crippen LogP contribution in [0.15, 0.2) is 10.7 Å². The van der Waals surface area contributed by atoms with Gasteiger partial charge in [0, 0.05) is 17.7 Å². The van der Waals surface area contributed by atoms with Crippen LogP contribution in [-0.2, 0) is 7.05 Å². The number of hydrogen-bond donors (Lipinski definition) is 1. The maximum absolute atomic E-state index is 5.69. The van der Waals surface area contributed by atoms with Crippen molar-refractivity contribution in [2.24, 2.45) is 7.05 Å². The summed E-state index contributed by atoms with van der Waals surface area (Å²) >= 11 is 9.04. The lowest BCUT2D eigenvalue weighted by atomic mass is 10.4. The molecule has 0 unspecified atom stereocenters. The molecular weight excluding hydrogens is 255 g/mol. The Labute approximate surface area is 87.8 Å². The summed E-state index contributed by atoms with van der Waals surface area (Å²) in [6, 6.07) is 0. The summed E-state index contributed by atoms with van der Waals surface area (Å²) in [6.45, 7) is 0. The third kappa shape index (κ3) is 1.28. The number of nitrogen functional groups attached to an aromatic ring is 1. The van der Waals surface area contributed by atoms with Gasteiger partial charge in [-0.3, -0.25) is 0 Å². The molecule has 0 saturated carbocycles. The van der Waals surface area contributed by atoms with E-state index in [2.05, 4.69) is 25.9 Å². The fourth-order valence-corrected chi connectivity index (χ4v) is 2.08. The highest BCUT2D eigenvalue weighted by Crippen LogP contribution is 2.28. The largest absolute Gasteiger partial charge is 0.383 e. The fraction of sp³-hybridized carbons (Fsp3) is 0.143. The number of fused-ring (bicyclic) bond motifs is 1. The molecule has 0 aliphatic heterocycles. The second kappa shape index (κ2) is 2.85. The van der Waals surface area contributed by atoms with Crippen LogP contribution in [0.1, 0.15) is 0 Å². The molecule has 0 aliphatic rings. The molecule has 4 nitrogen and oxygen atoms in total. The topological polar surface area (TPSA) is 56.7 Å². The molecule has 2 aromatic heterocycles. The first-order chi connectivity index (χ1) is 6.09. The van der Waals surface area contributed by atoms with E-state index in [1.165, 1.54) is 0 Å². The Balaban J connectivity index is 2.97. The zero-order valence-electron chi connectivity index (χ0n) is 6.75. The molecular formula is C7H6BrClN4. The van der Waals surface area contributed by atoms with Crippen molar-refractivity contribution < 1.29 is 0 Å². The molecule has 2 rings (SSSR count). The summed E-state index contributed by atoms with van der Waals surface area (Å²) in [5, 5.41) is 0.964. The summed E-state index contributed by atoms with van der Waals surface area (Å²) in [5.41, 5.74) is 6.42. The van der Waals surface area contributed by atoms with Crippen LogP contribution in [0.25, 0.3) is 11.0 Å². The Bertz CT molecular complexity index is 479. The van der Waals surface area contributed by atoms with Crippen molar-refractivity contribution in [1.82, 2.24) is 14.5 Å². The summed E-state index contributed by atoms with van der Waals surface area (Å²) in [5.74, 6) is 0.391. The number of nitrogens with zero attached hydrogens (tertiary/aromatic N) is 3. The lowest BCUT2D eigenvalue weighted by Crippen LogP contribution is -1.96. The highest BCUT2D eigenvalue weighted by molar-refractivity contribution is 9.10. The first kappa shape index (κ1) is 8.77. The van der Waals surface area contributed by atoms with Gasteiger partial charge in [-0.25, -0.2) is 4.98 Å². The average molecular weight is 262 g/mol. The minimum atomic E-state index is 0.165. The SMILES string of the molecule is Cn1cc(Br)c2c(N)nc(Cl)nc21. The van der Waals surface area contributed by atoms with Crippen LogP contribution in [0.5, 0.6) is 0 Å². The van der Waals surface area contributed by atoms with E-state index < -0.39 is 0 Å². The molecule has 6 heteroatoms. The van der Waals surface area contributed by atoms with Crippen LogP contribution in [0, 0.1) is 0 Å². The van der Waals surface area contributed by atoms with Crippen LogP contribution in [-0.4, -0.2) is 14.5 Å². The van der Waals surface area contributed by atoms with E-state index in [4.69, 9.17) is 17.3 Å². The minimum Gasteiger partial charge on any atom is -0.383 e. The molecule has 2 N–H and O–H groups in total. The predicted octanol–water partition coefficient (Wildman–Crippen LogP) is 1.97. The third-order valence-electron chi connectivity index (χ3n) is 1.77. The predicted molar refractivity (Wildman–Crippen MR) is 55.6 cm³/mol. The van der Waals surface area contributed by atoms with Crippen molar-refractivity contribution in [2.45, 2.75) is 0 Å². The lowest BCUT2D eigenvalue weighted by molar-refractivity contribution is 0.942. The second-order valence-electron chi connectivity index (χ2n) is 2.66. The molecule has 2 aromatic rings. The Morgan fingerprint density at radius 3 is 2.92 bits per heavy atom. The molecule has 0 radical (unpaired) electrons. The number of hydrogen-bond acceptors (Lipinski definition) is 3. The van der Waals surface area contributed by atoms with Crippen LogP contribution >= 0.6 is 27.5 Å². The molecule has 0 amide bonds.